The fourth-order valence-electron chi connectivity index (χ4n) is 2.45. The third-order valence-electron chi connectivity index (χ3n) is 3.63. The van der Waals surface area contributed by atoms with Gasteiger partial charge in [0.1, 0.15) is 5.75 Å². The summed E-state index contributed by atoms with van der Waals surface area (Å²) >= 11 is 0. The van der Waals surface area contributed by atoms with Crippen molar-refractivity contribution in [3.05, 3.63) is 84.0 Å². The minimum absolute atomic E-state index is 0.126. The highest BCUT2D eigenvalue weighted by Crippen LogP contribution is 2.16. The van der Waals surface area contributed by atoms with Crippen molar-refractivity contribution in [2.24, 2.45) is 0 Å². The van der Waals surface area contributed by atoms with Crippen LogP contribution in [0.3, 0.4) is 0 Å². The first-order chi connectivity index (χ1) is 12.2. The molecule has 0 aliphatic heterocycles. The number of nitrogens with one attached hydrogen (secondary N) is 1. The summed E-state index contributed by atoms with van der Waals surface area (Å²) < 4.78 is 28.6. The third kappa shape index (κ3) is 5.22. The quantitative estimate of drug-likeness (QED) is 0.794. The predicted molar refractivity (Wildman–Crippen MR) is 95.8 cm³/mol. The Bertz CT molecular complexity index is 829. The normalized spacial score (nSPS) is 15.6. The maximum Gasteiger partial charge on any atom is 0.387 e. The minimum atomic E-state index is -2.82. The molecule has 4 heteroatoms. The molecule has 2 nitrogen and oxygen atoms in total. The molecular formula is C21H17F2NO. The van der Waals surface area contributed by atoms with Crippen molar-refractivity contribution < 1.29 is 13.5 Å². The summed E-state index contributed by atoms with van der Waals surface area (Å²) in [6, 6.07) is 14.5. The lowest BCUT2D eigenvalue weighted by Gasteiger charge is -2.16. The van der Waals surface area contributed by atoms with E-state index in [1.165, 1.54) is 12.1 Å². The molecule has 0 aromatic heterocycles. The molecule has 0 heterocycles. The molecule has 0 radical (unpaired) electrons. The van der Waals surface area contributed by atoms with E-state index in [1.54, 1.807) is 12.1 Å². The zero-order valence-corrected chi connectivity index (χ0v) is 13.5. The second kappa shape index (κ2) is 8.16. The number of ether oxygens (including phenoxy) is 1. The van der Waals surface area contributed by atoms with Crippen LogP contribution in [-0.4, -0.2) is 12.7 Å². The molecule has 0 spiro atoms. The van der Waals surface area contributed by atoms with Crippen LogP contribution >= 0.6 is 0 Å². The van der Waals surface area contributed by atoms with Gasteiger partial charge in [-0.3, -0.25) is 0 Å². The number of hydrogen-bond donors (Lipinski definition) is 1. The summed E-state index contributed by atoms with van der Waals surface area (Å²) in [5.74, 6) is 6.24. The van der Waals surface area contributed by atoms with Gasteiger partial charge in [-0.15, -0.1) is 0 Å². The first-order valence-electron chi connectivity index (χ1n) is 7.96. The fraction of sp³-hybridized carbons (Fsp3) is 0.143. The Morgan fingerprint density at radius 3 is 2.52 bits per heavy atom. The summed E-state index contributed by atoms with van der Waals surface area (Å²) in [5.41, 5.74) is 2.63. The van der Waals surface area contributed by atoms with Gasteiger partial charge >= 0.3 is 6.61 Å². The summed E-state index contributed by atoms with van der Waals surface area (Å²) in [6.07, 6.45) is 9.29. The van der Waals surface area contributed by atoms with Gasteiger partial charge < -0.3 is 10.1 Å². The smallest absolute Gasteiger partial charge is 0.387 e. The lowest BCUT2D eigenvalue weighted by Crippen LogP contribution is -2.16. The summed E-state index contributed by atoms with van der Waals surface area (Å²) in [5, 5.41) is 3.45. The minimum Gasteiger partial charge on any atom is -0.435 e. The molecule has 0 saturated carbocycles. The number of benzene rings is 2. The molecule has 126 valence electrons. The number of anilines is 1. The van der Waals surface area contributed by atoms with E-state index >= 15 is 0 Å². The molecule has 1 unspecified atom stereocenters. The van der Waals surface area contributed by atoms with Crippen molar-refractivity contribution in [2.75, 3.05) is 5.32 Å². The Balaban J connectivity index is 1.67. The van der Waals surface area contributed by atoms with Crippen LogP contribution in [0.4, 0.5) is 14.5 Å². The predicted octanol–water partition coefficient (Wildman–Crippen LogP) is 4.98. The molecular weight excluding hydrogens is 320 g/mol. The van der Waals surface area contributed by atoms with E-state index in [0.717, 1.165) is 23.2 Å². The fourth-order valence-corrected chi connectivity index (χ4v) is 2.45. The Kier molecular flexibility index (Phi) is 5.48. The molecule has 1 N–H and O–H groups in total. The number of alkyl halides is 2. The second-order valence-electron chi connectivity index (χ2n) is 5.53. The monoisotopic (exact) mass is 337 g/mol. The van der Waals surface area contributed by atoms with E-state index in [4.69, 9.17) is 0 Å². The second-order valence-corrected chi connectivity index (χ2v) is 5.53. The maximum absolute atomic E-state index is 12.1. The molecule has 2 aromatic rings. The van der Waals surface area contributed by atoms with Gasteiger partial charge in [0, 0.05) is 22.9 Å². The van der Waals surface area contributed by atoms with Gasteiger partial charge in [0.25, 0.3) is 0 Å². The highest BCUT2D eigenvalue weighted by molar-refractivity contribution is 5.53. The molecule has 0 amide bonds. The number of allylic oxidation sites excluding steroid dienone is 2. The Hall–Kier alpha value is -3.06. The van der Waals surface area contributed by atoms with E-state index in [-0.39, 0.29) is 11.8 Å². The molecule has 0 fully saturated rings. The third-order valence-corrected chi connectivity index (χ3v) is 3.63. The zero-order valence-electron chi connectivity index (χ0n) is 13.5. The highest BCUT2D eigenvalue weighted by atomic mass is 19.3. The average molecular weight is 337 g/mol. The van der Waals surface area contributed by atoms with Crippen LogP contribution in [0.25, 0.3) is 0 Å². The zero-order chi connectivity index (χ0) is 17.5. The van der Waals surface area contributed by atoms with Gasteiger partial charge in [-0.1, -0.05) is 42.2 Å². The largest absolute Gasteiger partial charge is 0.435 e. The molecule has 0 saturated heterocycles. The molecule has 2 aromatic carbocycles. The van der Waals surface area contributed by atoms with Gasteiger partial charge in [0.2, 0.25) is 0 Å². The molecule has 1 aliphatic carbocycles. The summed E-state index contributed by atoms with van der Waals surface area (Å²) in [6.45, 7) is -2.82. The Morgan fingerprint density at radius 2 is 1.80 bits per heavy atom. The van der Waals surface area contributed by atoms with Crippen LogP contribution in [0, 0.1) is 11.8 Å². The first-order valence-corrected chi connectivity index (χ1v) is 7.96. The Labute approximate surface area is 145 Å². The standard InChI is InChI=1S/C21H17F2NO/c22-21(23)25-20-13-11-16(12-14-20)9-10-17-5-4-8-19(15-17)24-18-6-2-1-3-7-18/h1-6,8,11-15,18,21,24H,7H2. The van der Waals surface area contributed by atoms with Crippen molar-refractivity contribution in [3.8, 4) is 17.6 Å². The van der Waals surface area contributed by atoms with Crippen molar-refractivity contribution in [2.45, 2.75) is 19.1 Å². The van der Waals surface area contributed by atoms with Crippen LogP contribution in [0.1, 0.15) is 17.5 Å². The van der Waals surface area contributed by atoms with Crippen LogP contribution in [0.15, 0.2) is 72.8 Å². The summed E-state index contributed by atoms with van der Waals surface area (Å²) in [7, 11) is 0. The van der Waals surface area contributed by atoms with Gasteiger partial charge in [-0.2, -0.15) is 8.78 Å². The average Bonchev–Trinajstić information content (AvgIpc) is 2.62. The molecule has 0 bridgehead atoms. The summed E-state index contributed by atoms with van der Waals surface area (Å²) in [4.78, 5) is 0. The molecule has 25 heavy (non-hydrogen) atoms. The van der Waals surface area contributed by atoms with E-state index in [0.29, 0.717) is 0 Å². The van der Waals surface area contributed by atoms with Crippen molar-refractivity contribution in [3.63, 3.8) is 0 Å². The maximum atomic E-state index is 12.1. The first kappa shape index (κ1) is 16.8. The lowest BCUT2D eigenvalue weighted by molar-refractivity contribution is -0.0498. The van der Waals surface area contributed by atoms with E-state index < -0.39 is 6.61 Å². The Morgan fingerprint density at radius 1 is 1.00 bits per heavy atom. The molecule has 1 atom stereocenters. The van der Waals surface area contributed by atoms with Crippen molar-refractivity contribution >= 4 is 5.69 Å². The highest BCUT2D eigenvalue weighted by Gasteiger charge is 2.05. The lowest BCUT2D eigenvalue weighted by atomic mass is 10.1. The van der Waals surface area contributed by atoms with Gasteiger partial charge in [-0.25, -0.2) is 0 Å². The number of hydrogen-bond acceptors (Lipinski definition) is 2. The molecule has 3 rings (SSSR count). The number of rotatable bonds is 4. The molecule has 1 aliphatic rings. The van der Waals surface area contributed by atoms with E-state index in [1.807, 2.05) is 36.4 Å². The van der Waals surface area contributed by atoms with Crippen molar-refractivity contribution in [1.29, 1.82) is 0 Å². The SMILES string of the molecule is FC(F)Oc1ccc(C#Cc2cccc(NC3C=CC=CC3)c2)cc1. The number of halogens is 2. The van der Waals surface area contributed by atoms with Gasteiger partial charge in [0.05, 0.1) is 0 Å². The van der Waals surface area contributed by atoms with Crippen LogP contribution in [0.5, 0.6) is 5.75 Å². The van der Waals surface area contributed by atoms with Crippen LogP contribution in [0.2, 0.25) is 0 Å². The van der Waals surface area contributed by atoms with Gasteiger partial charge in [-0.05, 0) is 48.9 Å². The van der Waals surface area contributed by atoms with E-state index in [2.05, 4.69) is 34.0 Å². The topological polar surface area (TPSA) is 21.3 Å². The van der Waals surface area contributed by atoms with Crippen LogP contribution < -0.4 is 10.1 Å². The van der Waals surface area contributed by atoms with Gasteiger partial charge in [0.15, 0.2) is 0 Å². The van der Waals surface area contributed by atoms with E-state index in [9.17, 15) is 8.78 Å². The van der Waals surface area contributed by atoms with Crippen LogP contribution in [-0.2, 0) is 0 Å². The van der Waals surface area contributed by atoms with Crippen molar-refractivity contribution in [1.82, 2.24) is 0 Å².